The van der Waals surface area contributed by atoms with Crippen LogP contribution in [-0.4, -0.2) is 163 Å². The fourth-order valence-corrected chi connectivity index (χ4v) is 12.3. The van der Waals surface area contributed by atoms with Crippen LogP contribution in [0.4, 0.5) is 0 Å². The maximum absolute atomic E-state index is 14.5. The summed E-state index contributed by atoms with van der Waals surface area (Å²) in [7, 11) is 9.10. The van der Waals surface area contributed by atoms with Gasteiger partial charge in [0, 0.05) is 45.1 Å². The average Bonchev–Trinajstić information content (AvgIpc) is 3.99. The molecule has 4 aliphatic carbocycles. The number of likely N-dealkylation sites (N-methyl/N-ethyl adjacent to an activating group) is 1. The minimum absolute atomic E-state index is 0.0596. The van der Waals surface area contributed by atoms with Crippen molar-refractivity contribution in [3.05, 3.63) is 59.3 Å². The van der Waals surface area contributed by atoms with Crippen LogP contribution in [0.5, 0.6) is 11.5 Å². The summed E-state index contributed by atoms with van der Waals surface area (Å²) >= 11 is 0. The zero-order valence-corrected chi connectivity index (χ0v) is 45.2. The molecule has 3 aromatic rings. The van der Waals surface area contributed by atoms with Gasteiger partial charge in [0.25, 0.3) is 23.6 Å². The number of benzene rings is 2. The van der Waals surface area contributed by atoms with Gasteiger partial charge in [0.2, 0.25) is 5.91 Å². The Hall–Kier alpha value is -5.89. The van der Waals surface area contributed by atoms with E-state index in [0.717, 1.165) is 101 Å². The molecule has 1 atom stereocenters. The molecule has 75 heavy (non-hydrogen) atoms. The maximum atomic E-state index is 14.5. The van der Waals surface area contributed by atoms with E-state index in [1.165, 1.54) is 0 Å². The van der Waals surface area contributed by atoms with Crippen molar-refractivity contribution in [2.45, 2.75) is 121 Å². The standard InChI is InChI=1S/C56H81N9O10/c1-36(2)42-34-39(54(70)63(5)26-14-25-61(3)23-13-24-62(4)27-22-58-43(52(57)68)15-10-8-9-11-28-75-65-49(66)20-21-50(65)67)18-19-45(42)64-46(51-47(73-6)16-12-17-48(51)74-7)35-44(60-64)53(69)59-56(55(71)72)40-30-37-29-38(32-40)33-41(56)31-37/h12,16-19,34-38,40-41,43,58H,8-11,13-15,20-33H2,1-7H3,(H2,57,68)(H,59,69)(H,71,72). The van der Waals surface area contributed by atoms with Crippen LogP contribution in [0.25, 0.3) is 16.9 Å². The molecule has 5 fully saturated rings. The number of carboxylic acid groups (broad SMARTS) is 1. The molecule has 5 N–H and O–H groups in total. The zero-order chi connectivity index (χ0) is 54.0. The van der Waals surface area contributed by atoms with E-state index in [9.17, 15) is 33.9 Å². The van der Waals surface area contributed by atoms with Gasteiger partial charge in [0.05, 0.1) is 43.8 Å². The SMILES string of the molecule is COc1cccc(OC)c1-c1cc(C(=O)NC2(C(=O)O)C3CC4CC(C3)CC2C4)nn1-c1ccc(C(=O)N(C)CCCN(C)CCCN(C)CCNC(CCCCCCON2C(=O)CCC2=O)C(N)=O)cc1C(C)C. The van der Waals surface area contributed by atoms with Crippen molar-refractivity contribution in [1.82, 2.24) is 40.2 Å². The van der Waals surface area contributed by atoms with E-state index in [-0.39, 0.29) is 59.9 Å². The number of carbonyl (C=O) groups is 6. The first-order valence-electron chi connectivity index (χ1n) is 27.1. The number of carboxylic acids is 1. The Morgan fingerprint density at radius 2 is 1.40 bits per heavy atom. The molecule has 5 aliphatic rings. The molecule has 4 saturated carbocycles. The Bertz CT molecular complexity index is 2440. The Kier molecular flexibility index (Phi) is 19.5. The van der Waals surface area contributed by atoms with Crippen LogP contribution in [0.2, 0.25) is 0 Å². The van der Waals surface area contributed by atoms with Crippen LogP contribution >= 0.6 is 0 Å². The summed E-state index contributed by atoms with van der Waals surface area (Å²) < 4.78 is 13.4. The van der Waals surface area contributed by atoms with Crippen LogP contribution in [0.1, 0.15) is 136 Å². The van der Waals surface area contributed by atoms with E-state index in [1.807, 2.05) is 51.2 Å². The number of aliphatic carboxylic acids is 1. The number of ether oxygens (including phenoxy) is 2. The number of hydroxylamine groups is 2. The van der Waals surface area contributed by atoms with Crippen molar-refractivity contribution in [1.29, 1.82) is 0 Å². The van der Waals surface area contributed by atoms with Crippen LogP contribution in [0.15, 0.2) is 42.5 Å². The molecule has 1 unspecified atom stereocenters. The molecule has 0 radical (unpaired) electrons. The van der Waals surface area contributed by atoms with Gasteiger partial charge in [-0.15, -0.1) is 0 Å². The highest BCUT2D eigenvalue weighted by molar-refractivity contribution is 6.01. The summed E-state index contributed by atoms with van der Waals surface area (Å²) in [6, 6.07) is 12.3. The molecular formula is C56H81N9O10. The van der Waals surface area contributed by atoms with Gasteiger partial charge in [-0.1, -0.05) is 39.2 Å². The molecule has 19 nitrogen and oxygen atoms in total. The minimum atomic E-state index is -1.36. The van der Waals surface area contributed by atoms with Gasteiger partial charge in [0.15, 0.2) is 5.69 Å². The average molecular weight is 1040 g/mol. The third kappa shape index (κ3) is 13.4. The molecule has 1 aromatic heterocycles. The van der Waals surface area contributed by atoms with Crippen molar-refractivity contribution in [2.75, 3.05) is 81.2 Å². The minimum Gasteiger partial charge on any atom is -0.496 e. The van der Waals surface area contributed by atoms with Crippen LogP contribution in [0, 0.1) is 23.7 Å². The number of carbonyl (C=O) groups excluding carboxylic acids is 5. The van der Waals surface area contributed by atoms with E-state index >= 15 is 0 Å². The smallest absolute Gasteiger partial charge is 0.330 e. The monoisotopic (exact) mass is 1040 g/mol. The normalized spacial score (nSPS) is 21.4. The second-order valence-electron chi connectivity index (χ2n) is 21.8. The first kappa shape index (κ1) is 56.8. The lowest BCUT2D eigenvalue weighted by Crippen LogP contribution is -2.70. The number of primary amides is 1. The fourth-order valence-electron chi connectivity index (χ4n) is 12.3. The number of hydrogen-bond donors (Lipinski definition) is 4. The number of aromatic nitrogens is 2. The molecule has 8 rings (SSSR count). The van der Waals surface area contributed by atoms with Gasteiger partial charge in [0.1, 0.15) is 17.0 Å². The predicted molar refractivity (Wildman–Crippen MR) is 283 cm³/mol. The first-order valence-corrected chi connectivity index (χ1v) is 27.1. The summed E-state index contributed by atoms with van der Waals surface area (Å²) in [6.07, 6.45) is 10.4. The Morgan fingerprint density at radius 3 is 1.99 bits per heavy atom. The lowest BCUT2D eigenvalue weighted by Gasteiger charge is -2.59. The van der Waals surface area contributed by atoms with E-state index in [2.05, 4.69) is 34.5 Å². The van der Waals surface area contributed by atoms with Crippen molar-refractivity contribution < 1.29 is 48.2 Å². The number of nitrogens with zero attached hydrogens (tertiary/aromatic N) is 6. The summed E-state index contributed by atoms with van der Waals surface area (Å²) in [5.74, 6) is -0.877. The number of imide groups is 1. The van der Waals surface area contributed by atoms with Gasteiger partial charge in [-0.25, -0.2) is 9.48 Å². The van der Waals surface area contributed by atoms with Crippen molar-refractivity contribution in [2.24, 2.45) is 29.4 Å². The molecule has 2 aromatic carbocycles. The fraction of sp³-hybridized carbons (Fsp3) is 0.625. The van der Waals surface area contributed by atoms with Gasteiger partial charge < -0.3 is 45.6 Å². The first-order chi connectivity index (χ1) is 35.9. The molecule has 4 bridgehead atoms. The number of nitrogens with two attached hydrogens (primary N) is 1. The molecule has 2 heterocycles. The van der Waals surface area contributed by atoms with Crippen LogP contribution < -0.4 is 25.8 Å². The lowest BCUT2D eigenvalue weighted by molar-refractivity contribution is -0.187. The highest BCUT2D eigenvalue weighted by Crippen LogP contribution is 2.58. The summed E-state index contributed by atoms with van der Waals surface area (Å²) in [5, 5.41) is 23.0. The van der Waals surface area contributed by atoms with Gasteiger partial charge in [-0.2, -0.15) is 10.2 Å². The highest BCUT2D eigenvalue weighted by Gasteiger charge is 2.62. The topological polar surface area (TPSA) is 231 Å². The molecule has 1 saturated heterocycles. The number of methoxy groups -OCH3 is 2. The Labute approximate surface area is 442 Å². The number of rotatable bonds is 30. The molecule has 5 amide bonds. The maximum Gasteiger partial charge on any atom is 0.330 e. The number of hydrogen-bond acceptors (Lipinski definition) is 13. The molecular weight excluding hydrogens is 959 g/mol. The molecule has 0 spiro atoms. The van der Waals surface area contributed by atoms with E-state index in [1.54, 1.807) is 35.9 Å². The van der Waals surface area contributed by atoms with Crippen LogP contribution in [-0.2, 0) is 24.0 Å². The number of amides is 5. The predicted octanol–water partition coefficient (Wildman–Crippen LogP) is 5.88. The van der Waals surface area contributed by atoms with E-state index in [4.69, 9.17) is 25.1 Å². The largest absolute Gasteiger partial charge is 0.496 e. The zero-order valence-electron chi connectivity index (χ0n) is 45.2. The van der Waals surface area contributed by atoms with E-state index in [0.29, 0.717) is 78.4 Å². The van der Waals surface area contributed by atoms with Gasteiger partial charge >= 0.3 is 5.97 Å². The third-order valence-corrected chi connectivity index (χ3v) is 16.2. The quantitative estimate of drug-likeness (QED) is 0.0452. The third-order valence-electron chi connectivity index (χ3n) is 16.2. The summed E-state index contributed by atoms with van der Waals surface area (Å²) in [6.45, 7) is 8.93. The second kappa shape index (κ2) is 25.8. The van der Waals surface area contributed by atoms with Crippen molar-refractivity contribution in [3.63, 3.8) is 0 Å². The van der Waals surface area contributed by atoms with Crippen LogP contribution in [0.3, 0.4) is 0 Å². The van der Waals surface area contributed by atoms with Gasteiger partial charge in [-0.3, -0.25) is 28.8 Å². The molecule has 1 aliphatic heterocycles. The van der Waals surface area contributed by atoms with Crippen molar-refractivity contribution >= 4 is 35.5 Å². The number of nitrogens with one attached hydrogen (secondary N) is 2. The summed E-state index contributed by atoms with van der Waals surface area (Å²) in [5.41, 5.74) is 7.52. The number of unbranched alkanes of at least 4 members (excludes halogenated alkanes) is 3. The van der Waals surface area contributed by atoms with Gasteiger partial charge in [-0.05, 0) is 163 Å². The van der Waals surface area contributed by atoms with Crippen molar-refractivity contribution in [3.8, 4) is 28.4 Å². The molecule has 410 valence electrons. The second-order valence-corrected chi connectivity index (χ2v) is 21.8. The summed E-state index contributed by atoms with van der Waals surface area (Å²) in [4.78, 5) is 88.8. The Balaban J connectivity index is 0.904. The molecule has 19 heteroatoms. The van der Waals surface area contributed by atoms with E-state index < -0.39 is 23.5 Å². The Morgan fingerprint density at radius 1 is 0.800 bits per heavy atom. The lowest BCUT2D eigenvalue weighted by atomic mass is 9.48. The highest BCUT2D eigenvalue weighted by atomic mass is 16.7.